The molecule has 0 aliphatic rings. The molecule has 0 saturated heterocycles. The van der Waals surface area contributed by atoms with Crippen molar-refractivity contribution < 1.29 is 9.26 Å². The molecule has 0 saturated carbocycles. The fraction of sp³-hybridized carbons (Fsp3) is 0.833. The number of ether oxygens (including phenoxy) is 1. The van der Waals surface area contributed by atoms with Gasteiger partial charge in [0.25, 0.3) is 0 Å². The van der Waals surface area contributed by atoms with Crippen LogP contribution in [0, 0.1) is 0 Å². The molecule has 2 unspecified atom stereocenters. The van der Waals surface area contributed by atoms with Crippen molar-refractivity contribution in [1.82, 2.24) is 10.1 Å². The fourth-order valence-corrected chi connectivity index (χ4v) is 1.63. The van der Waals surface area contributed by atoms with E-state index in [9.17, 15) is 0 Å². The summed E-state index contributed by atoms with van der Waals surface area (Å²) < 4.78 is 10.2. The molecule has 1 heterocycles. The normalized spacial score (nSPS) is 14.8. The van der Waals surface area contributed by atoms with E-state index in [0.29, 0.717) is 18.9 Å². The monoisotopic (exact) mass is 241 g/mol. The number of nitrogens with zero attached hydrogens (tertiary/aromatic N) is 2. The lowest BCUT2D eigenvalue weighted by atomic mass is 10.0. The summed E-state index contributed by atoms with van der Waals surface area (Å²) in [5, 5.41) is 3.93. The third-order valence-corrected chi connectivity index (χ3v) is 2.73. The third kappa shape index (κ3) is 5.28. The first-order valence-electron chi connectivity index (χ1n) is 6.20. The van der Waals surface area contributed by atoms with Gasteiger partial charge in [-0.25, -0.2) is 0 Å². The Hall–Kier alpha value is -0.940. The van der Waals surface area contributed by atoms with Crippen LogP contribution in [0.4, 0.5) is 0 Å². The Balaban J connectivity index is 2.35. The van der Waals surface area contributed by atoms with Gasteiger partial charge in [0.05, 0.1) is 6.61 Å². The highest BCUT2D eigenvalue weighted by Crippen LogP contribution is 2.20. The van der Waals surface area contributed by atoms with Gasteiger partial charge in [-0.2, -0.15) is 4.98 Å². The molecule has 0 aliphatic heterocycles. The van der Waals surface area contributed by atoms with Crippen LogP contribution in [-0.4, -0.2) is 29.9 Å². The van der Waals surface area contributed by atoms with Crippen molar-refractivity contribution in [2.75, 3.05) is 13.7 Å². The summed E-state index contributed by atoms with van der Waals surface area (Å²) in [5.41, 5.74) is 5.71. The van der Waals surface area contributed by atoms with Crippen LogP contribution in [0.25, 0.3) is 0 Å². The maximum atomic E-state index is 5.71. The van der Waals surface area contributed by atoms with Crippen molar-refractivity contribution in [3.05, 3.63) is 11.7 Å². The van der Waals surface area contributed by atoms with E-state index in [1.807, 2.05) is 6.92 Å². The Kier molecular flexibility index (Phi) is 6.15. The van der Waals surface area contributed by atoms with Gasteiger partial charge in [-0.1, -0.05) is 18.5 Å². The van der Waals surface area contributed by atoms with Crippen molar-refractivity contribution in [3.8, 4) is 0 Å². The van der Waals surface area contributed by atoms with E-state index in [-0.39, 0.29) is 6.04 Å². The predicted octanol–water partition coefficient (Wildman–Crippen LogP) is 1.88. The van der Waals surface area contributed by atoms with Crippen molar-refractivity contribution in [1.29, 1.82) is 0 Å². The largest absolute Gasteiger partial charge is 0.384 e. The highest BCUT2D eigenvalue weighted by molar-refractivity contribution is 4.92. The number of hydrogen-bond acceptors (Lipinski definition) is 5. The number of aromatic nitrogens is 2. The van der Waals surface area contributed by atoms with E-state index in [2.05, 4.69) is 17.1 Å². The average molecular weight is 241 g/mol. The van der Waals surface area contributed by atoms with E-state index in [1.54, 1.807) is 7.11 Å². The Morgan fingerprint density at radius 1 is 1.35 bits per heavy atom. The van der Waals surface area contributed by atoms with E-state index < -0.39 is 0 Å². The standard InChI is InChI=1S/C12H23N3O2/c1-9(5-4-6-10(2)13)12-14-11(15-17-12)7-8-16-3/h9-10H,4-8,13H2,1-3H3. The average Bonchev–Trinajstić information content (AvgIpc) is 2.74. The first-order valence-corrected chi connectivity index (χ1v) is 6.20. The van der Waals surface area contributed by atoms with Crippen LogP contribution in [-0.2, 0) is 11.2 Å². The smallest absolute Gasteiger partial charge is 0.229 e. The summed E-state index contributed by atoms with van der Waals surface area (Å²) in [6.45, 7) is 4.76. The van der Waals surface area contributed by atoms with E-state index in [0.717, 1.165) is 31.0 Å². The second kappa shape index (κ2) is 7.40. The molecule has 17 heavy (non-hydrogen) atoms. The molecule has 2 atom stereocenters. The van der Waals surface area contributed by atoms with Gasteiger partial charge in [-0.3, -0.25) is 0 Å². The molecular weight excluding hydrogens is 218 g/mol. The van der Waals surface area contributed by atoms with Crippen LogP contribution in [0.2, 0.25) is 0 Å². The minimum atomic E-state index is 0.266. The molecule has 0 fully saturated rings. The molecule has 0 aliphatic carbocycles. The van der Waals surface area contributed by atoms with Crippen LogP contribution >= 0.6 is 0 Å². The summed E-state index contributed by atoms with van der Waals surface area (Å²) in [5.74, 6) is 1.75. The van der Waals surface area contributed by atoms with Crippen molar-refractivity contribution >= 4 is 0 Å². The SMILES string of the molecule is COCCc1noc(C(C)CCCC(C)N)n1. The lowest BCUT2D eigenvalue weighted by Gasteiger charge is -2.07. The third-order valence-electron chi connectivity index (χ3n) is 2.73. The van der Waals surface area contributed by atoms with Gasteiger partial charge in [0.15, 0.2) is 5.82 Å². The molecule has 0 radical (unpaired) electrons. The van der Waals surface area contributed by atoms with Crippen molar-refractivity contribution in [3.63, 3.8) is 0 Å². The molecule has 1 rings (SSSR count). The summed E-state index contributed by atoms with van der Waals surface area (Å²) in [4.78, 5) is 4.36. The van der Waals surface area contributed by atoms with Gasteiger partial charge in [0, 0.05) is 25.5 Å². The maximum Gasteiger partial charge on any atom is 0.229 e. The van der Waals surface area contributed by atoms with E-state index >= 15 is 0 Å². The van der Waals surface area contributed by atoms with Crippen LogP contribution in [0.15, 0.2) is 4.52 Å². The molecule has 5 heteroatoms. The lowest BCUT2D eigenvalue weighted by Crippen LogP contribution is -2.14. The number of nitrogens with two attached hydrogens (primary N) is 1. The van der Waals surface area contributed by atoms with Crippen LogP contribution in [0.5, 0.6) is 0 Å². The highest BCUT2D eigenvalue weighted by atomic mass is 16.5. The minimum absolute atomic E-state index is 0.266. The number of hydrogen-bond donors (Lipinski definition) is 1. The van der Waals surface area contributed by atoms with Gasteiger partial charge in [-0.05, 0) is 19.8 Å². The van der Waals surface area contributed by atoms with Crippen molar-refractivity contribution in [2.24, 2.45) is 5.73 Å². The summed E-state index contributed by atoms with van der Waals surface area (Å²) in [6, 6.07) is 0.266. The van der Waals surface area contributed by atoms with Gasteiger partial charge < -0.3 is 15.0 Å². The Bertz CT molecular complexity index is 312. The first-order chi connectivity index (χ1) is 8.13. The molecule has 5 nitrogen and oxygen atoms in total. The molecule has 1 aromatic heterocycles. The molecule has 98 valence electrons. The van der Waals surface area contributed by atoms with Gasteiger partial charge >= 0.3 is 0 Å². The first kappa shape index (κ1) is 14.1. The summed E-state index contributed by atoms with van der Waals surface area (Å²) >= 11 is 0. The van der Waals surface area contributed by atoms with Crippen molar-refractivity contribution in [2.45, 2.75) is 51.5 Å². The molecule has 0 spiro atoms. The minimum Gasteiger partial charge on any atom is -0.384 e. The summed E-state index contributed by atoms with van der Waals surface area (Å²) in [7, 11) is 1.66. The predicted molar refractivity (Wildman–Crippen MR) is 65.8 cm³/mol. The number of methoxy groups -OCH3 is 1. The molecule has 0 bridgehead atoms. The number of rotatable bonds is 8. The Labute approximate surface area is 103 Å². The molecule has 0 amide bonds. The van der Waals surface area contributed by atoms with Gasteiger partial charge in [0.2, 0.25) is 5.89 Å². The molecule has 0 aromatic carbocycles. The fourth-order valence-electron chi connectivity index (χ4n) is 1.63. The van der Waals surface area contributed by atoms with E-state index in [1.165, 1.54) is 0 Å². The Morgan fingerprint density at radius 3 is 2.76 bits per heavy atom. The molecule has 2 N–H and O–H groups in total. The van der Waals surface area contributed by atoms with Crippen LogP contribution in [0.3, 0.4) is 0 Å². The zero-order valence-corrected chi connectivity index (χ0v) is 11.0. The van der Waals surface area contributed by atoms with Gasteiger partial charge in [0.1, 0.15) is 0 Å². The zero-order chi connectivity index (χ0) is 12.7. The topological polar surface area (TPSA) is 74.2 Å². The lowest BCUT2D eigenvalue weighted by molar-refractivity contribution is 0.199. The Morgan fingerprint density at radius 2 is 2.12 bits per heavy atom. The van der Waals surface area contributed by atoms with Gasteiger partial charge in [-0.15, -0.1) is 0 Å². The quantitative estimate of drug-likeness (QED) is 0.752. The second-order valence-electron chi connectivity index (χ2n) is 4.60. The van der Waals surface area contributed by atoms with Crippen LogP contribution in [0.1, 0.15) is 50.7 Å². The molecular formula is C12H23N3O2. The molecule has 1 aromatic rings. The van der Waals surface area contributed by atoms with Crippen LogP contribution < -0.4 is 5.73 Å². The highest BCUT2D eigenvalue weighted by Gasteiger charge is 2.14. The zero-order valence-electron chi connectivity index (χ0n) is 11.0. The maximum absolute atomic E-state index is 5.71. The summed E-state index contributed by atoms with van der Waals surface area (Å²) in [6.07, 6.45) is 3.86. The second-order valence-corrected chi connectivity index (χ2v) is 4.60. The van der Waals surface area contributed by atoms with E-state index in [4.69, 9.17) is 15.0 Å².